The van der Waals surface area contributed by atoms with Crippen molar-refractivity contribution in [1.82, 2.24) is 4.98 Å². The number of benzene rings is 3. The third kappa shape index (κ3) is 4.47. The SMILES string of the molecule is O=C(Nc1ccc2oc(=O)[nH]c2c1)c1ccccc1OCCOc1ccccc1. The van der Waals surface area contributed by atoms with Gasteiger partial charge in [-0.05, 0) is 42.5 Å². The van der Waals surface area contributed by atoms with E-state index in [9.17, 15) is 9.59 Å². The zero-order valence-electron chi connectivity index (χ0n) is 15.4. The molecule has 3 aromatic carbocycles. The largest absolute Gasteiger partial charge is 0.490 e. The molecule has 0 aliphatic heterocycles. The highest BCUT2D eigenvalue weighted by Gasteiger charge is 2.13. The minimum Gasteiger partial charge on any atom is -0.490 e. The molecule has 4 rings (SSSR count). The quantitative estimate of drug-likeness (QED) is 0.468. The van der Waals surface area contributed by atoms with E-state index in [0.29, 0.717) is 41.3 Å². The van der Waals surface area contributed by atoms with Gasteiger partial charge >= 0.3 is 5.76 Å². The number of amides is 1. The van der Waals surface area contributed by atoms with Crippen molar-refractivity contribution in [2.24, 2.45) is 0 Å². The Morgan fingerprint density at radius 1 is 0.931 bits per heavy atom. The van der Waals surface area contributed by atoms with Gasteiger partial charge in [-0.1, -0.05) is 30.3 Å². The molecule has 0 fully saturated rings. The zero-order chi connectivity index (χ0) is 20.1. The lowest BCUT2D eigenvalue weighted by atomic mass is 10.2. The summed E-state index contributed by atoms with van der Waals surface area (Å²) in [5, 5.41) is 2.80. The lowest BCUT2D eigenvalue weighted by Crippen LogP contribution is -2.15. The Labute approximate surface area is 165 Å². The first-order valence-electron chi connectivity index (χ1n) is 9.03. The van der Waals surface area contributed by atoms with Gasteiger partial charge in [0.15, 0.2) is 5.58 Å². The molecular formula is C22H18N2O5. The molecule has 7 heteroatoms. The van der Waals surface area contributed by atoms with Gasteiger partial charge in [0.1, 0.15) is 24.7 Å². The van der Waals surface area contributed by atoms with Crippen LogP contribution >= 0.6 is 0 Å². The molecule has 0 unspecified atom stereocenters. The lowest BCUT2D eigenvalue weighted by molar-refractivity contribution is 0.102. The van der Waals surface area contributed by atoms with Crippen LogP contribution in [0.15, 0.2) is 82.0 Å². The summed E-state index contributed by atoms with van der Waals surface area (Å²) < 4.78 is 16.3. The molecule has 146 valence electrons. The minimum absolute atomic E-state index is 0.293. The van der Waals surface area contributed by atoms with Crippen molar-refractivity contribution < 1.29 is 18.7 Å². The second-order valence-corrected chi connectivity index (χ2v) is 6.19. The number of hydrogen-bond acceptors (Lipinski definition) is 5. The van der Waals surface area contributed by atoms with E-state index in [1.165, 1.54) is 0 Å². The fourth-order valence-corrected chi connectivity index (χ4v) is 2.84. The summed E-state index contributed by atoms with van der Waals surface area (Å²) in [4.78, 5) is 26.5. The van der Waals surface area contributed by atoms with E-state index in [2.05, 4.69) is 10.3 Å². The molecule has 1 heterocycles. The molecule has 0 spiro atoms. The molecule has 7 nitrogen and oxygen atoms in total. The second kappa shape index (κ2) is 8.35. The van der Waals surface area contributed by atoms with Crippen LogP contribution < -0.4 is 20.5 Å². The van der Waals surface area contributed by atoms with Gasteiger partial charge in [-0.25, -0.2) is 4.79 Å². The van der Waals surface area contributed by atoms with Gasteiger partial charge in [0.2, 0.25) is 0 Å². The number of para-hydroxylation sites is 2. The fourth-order valence-electron chi connectivity index (χ4n) is 2.84. The third-order valence-corrected chi connectivity index (χ3v) is 4.16. The van der Waals surface area contributed by atoms with E-state index in [1.54, 1.807) is 42.5 Å². The standard InChI is InChI=1S/C22H18N2O5/c25-21(23-15-10-11-20-18(14-15)24-22(26)29-20)17-8-4-5-9-19(17)28-13-12-27-16-6-2-1-3-7-16/h1-11,14H,12-13H2,(H,23,25)(H,24,26). The summed E-state index contributed by atoms with van der Waals surface area (Å²) in [6.07, 6.45) is 0. The van der Waals surface area contributed by atoms with Crippen molar-refractivity contribution in [3.8, 4) is 11.5 Å². The van der Waals surface area contributed by atoms with E-state index in [0.717, 1.165) is 5.75 Å². The zero-order valence-corrected chi connectivity index (χ0v) is 15.4. The fraction of sp³-hybridized carbons (Fsp3) is 0.0909. The van der Waals surface area contributed by atoms with Crippen molar-refractivity contribution in [2.75, 3.05) is 18.5 Å². The van der Waals surface area contributed by atoms with Crippen LogP contribution in [-0.4, -0.2) is 24.1 Å². The number of fused-ring (bicyclic) bond motifs is 1. The molecule has 0 aliphatic rings. The molecule has 1 aromatic heterocycles. The van der Waals surface area contributed by atoms with Crippen LogP contribution in [0.2, 0.25) is 0 Å². The van der Waals surface area contributed by atoms with Gasteiger partial charge in [0.25, 0.3) is 5.91 Å². The van der Waals surface area contributed by atoms with Crippen LogP contribution in [0.25, 0.3) is 11.1 Å². The van der Waals surface area contributed by atoms with Crippen LogP contribution in [0, 0.1) is 0 Å². The maximum absolute atomic E-state index is 12.7. The number of anilines is 1. The Morgan fingerprint density at radius 3 is 2.55 bits per heavy atom. The number of aromatic amines is 1. The summed E-state index contributed by atoms with van der Waals surface area (Å²) in [5.41, 5.74) is 1.86. The highest BCUT2D eigenvalue weighted by molar-refractivity contribution is 6.06. The van der Waals surface area contributed by atoms with Crippen molar-refractivity contribution in [2.45, 2.75) is 0 Å². The Kier molecular flexibility index (Phi) is 5.29. The van der Waals surface area contributed by atoms with Gasteiger partial charge in [-0.2, -0.15) is 0 Å². The number of H-pyrrole nitrogens is 1. The summed E-state index contributed by atoms with van der Waals surface area (Å²) in [7, 11) is 0. The smallest absolute Gasteiger partial charge is 0.417 e. The van der Waals surface area contributed by atoms with Crippen molar-refractivity contribution in [3.63, 3.8) is 0 Å². The molecule has 1 amide bonds. The van der Waals surface area contributed by atoms with Crippen molar-refractivity contribution >= 4 is 22.7 Å². The van der Waals surface area contributed by atoms with Crippen LogP contribution in [0.5, 0.6) is 11.5 Å². The Hall–Kier alpha value is -4.00. The normalized spacial score (nSPS) is 10.6. The number of oxazole rings is 1. The van der Waals surface area contributed by atoms with Crippen molar-refractivity contribution in [3.05, 3.63) is 88.9 Å². The molecule has 4 aromatic rings. The maximum atomic E-state index is 12.7. The predicted molar refractivity (Wildman–Crippen MR) is 109 cm³/mol. The molecule has 2 N–H and O–H groups in total. The number of aromatic nitrogens is 1. The highest BCUT2D eigenvalue weighted by atomic mass is 16.5. The van der Waals surface area contributed by atoms with E-state index >= 15 is 0 Å². The van der Waals surface area contributed by atoms with Crippen LogP contribution in [0.3, 0.4) is 0 Å². The summed E-state index contributed by atoms with van der Waals surface area (Å²) in [6, 6.07) is 21.3. The molecule has 0 saturated carbocycles. The number of carbonyl (C=O) groups is 1. The van der Waals surface area contributed by atoms with E-state index in [1.807, 2.05) is 30.3 Å². The van der Waals surface area contributed by atoms with Crippen LogP contribution in [0.4, 0.5) is 5.69 Å². The number of hydrogen-bond donors (Lipinski definition) is 2. The first-order chi connectivity index (χ1) is 14.2. The molecule has 29 heavy (non-hydrogen) atoms. The molecular weight excluding hydrogens is 372 g/mol. The Balaban J connectivity index is 1.41. The number of rotatable bonds is 7. The monoisotopic (exact) mass is 390 g/mol. The Morgan fingerprint density at radius 2 is 1.69 bits per heavy atom. The average Bonchev–Trinajstić information content (AvgIpc) is 3.11. The van der Waals surface area contributed by atoms with E-state index in [4.69, 9.17) is 13.9 Å². The maximum Gasteiger partial charge on any atom is 0.417 e. The molecule has 0 radical (unpaired) electrons. The molecule has 0 atom stereocenters. The first-order valence-corrected chi connectivity index (χ1v) is 9.03. The van der Waals surface area contributed by atoms with Gasteiger partial charge in [0, 0.05) is 5.69 Å². The minimum atomic E-state index is -0.542. The van der Waals surface area contributed by atoms with Gasteiger partial charge in [-0.15, -0.1) is 0 Å². The van der Waals surface area contributed by atoms with Crippen molar-refractivity contribution in [1.29, 1.82) is 0 Å². The average molecular weight is 390 g/mol. The molecule has 0 bridgehead atoms. The number of carbonyl (C=O) groups excluding carboxylic acids is 1. The van der Waals surface area contributed by atoms with Gasteiger partial charge in [-0.3, -0.25) is 9.78 Å². The highest BCUT2D eigenvalue weighted by Crippen LogP contribution is 2.21. The van der Waals surface area contributed by atoms with Gasteiger partial charge in [0.05, 0.1) is 11.1 Å². The summed E-state index contributed by atoms with van der Waals surface area (Å²) in [6.45, 7) is 0.645. The first kappa shape index (κ1) is 18.4. The number of ether oxygens (including phenoxy) is 2. The van der Waals surface area contributed by atoms with E-state index < -0.39 is 5.76 Å². The Bertz CT molecular complexity index is 1180. The predicted octanol–water partition coefficient (Wildman–Crippen LogP) is 3.83. The third-order valence-electron chi connectivity index (χ3n) is 4.16. The van der Waals surface area contributed by atoms with Gasteiger partial charge < -0.3 is 19.2 Å². The second-order valence-electron chi connectivity index (χ2n) is 6.19. The summed E-state index contributed by atoms with van der Waals surface area (Å²) >= 11 is 0. The number of nitrogens with one attached hydrogen (secondary N) is 2. The lowest BCUT2D eigenvalue weighted by Gasteiger charge is -2.12. The molecule has 0 saturated heterocycles. The summed E-state index contributed by atoms with van der Waals surface area (Å²) in [5.74, 6) is 0.351. The van der Waals surface area contributed by atoms with E-state index in [-0.39, 0.29) is 5.91 Å². The van der Waals surface area contributed by atoms with Crippen LogP contribution in [-0.2, 0) is 0 Å². The molecule has 0 aliphatic carbocycles. The topological polar surface area (TPSA) is 93.6 Å². The van der Waals surface area contributed by atoms with Crippen LogP contribution in [0.1, 0.15) is 10.4 Å².